The fraction of sp³-hybridized carbons (Fsp3) is 0.600. The first-order chi connectivity index (χ1) is 12.7. The number of piperidine rings is 1. The second-order valence-electron chi connectivity index (χ2n) is 7.15. The highest BCUT2D eigenvalue weighted by Crippen LogP contribution is 2.37. The Hall–Kier alpha value is -2.26. The van der Waals surface area contributed by atoms with Gasteiger partial charge in [0.05, 0.1) is 18.2 Å². The van der Waals surface area contributed by atoms with Crippen LogP contribution in [0.3, 0.4) is 0 Å². The summed E-state index contributed by atoms with van der Waals surface area (Å²) in [4.78, 5) is 13.7. The molecule has 140 valence electrons. The summed E-state index contributed by atoms with van der Waals surface area (Å²) < 4.78 is 11.2. The Balaban J connectivity index is 1.47. The van der Waals surface area contributed by atoms with Crippen molar-refractivity contribution in [2.75, 3.05) is 19.7 Å². The van der Waals surface area contributed by atoms with Crippen LogP contribution in [0.1, 0.15) is 44.1 Å². The topological polar surface area (TPSA) is 88.6 Å². The van der Waals surface area contributed by atoms with Gasteiger partial charge >= 0.3 is 6.09 Å². The van der Waals surface area contributed by atoms with E-state index in [4.69, 9.17) is 20.5 Å². The lowest BCUT2D eigenvalue weighted by atomic mass is 9.76. The Morgan fingerprint density at radius 2 is 2.00 bits per heavy atom. The molecule has 0 spiro atoms. The van der Waals surface area contributed by atoms with Crippen LogP contribution in [-0.2, 0) is 4.74 Å². The molecular weight excluding hydrogens is 330 g/mol. The molecule has 0 radical (unpaired) electrons. The molecule has 2 N–H and O–H groups in total. The number of carbonyl (C=O) groups is 1. The Morgan fingerprint density at radius 1 is 1.23 bits per heavy atom. The van der Waals surface area contributed by atoms with Crippen LogP contribution in [0.15, 0.2) is 24.3 Å². The molecule has 0 bridgehead atoms. The van der Waals surface area contributed by atoms with Crippen molar-refractivity contribution in [3.8, 4) is 11.8 Å². The molecule has 1 heterocycles. The number of nitrogens with zero attached hydrogens (tertiary/aromatic N) is 2. The lowest BCUT2D eigenvalue weighted by Gasteiger charge is -2.47. The summed E-state index contributed by atoms with van der Waals surface area (Å²) in [6, 6.07) is 9.80. The van der Waals surface area contributed by atoms with Gasteiger partial charge in [0.25, 0.3) is 0 Å². The van der Waals surface area contributed by atoms with Gasteiger partial charge in [0.15, 0.2) is 0 Å². The molecule has 6 heteroatoms. The monoisotopic (exact) mass is 357 g/mol. The van der Waals surface area contributed by atoms with E-state index in [2.05, 4.69) is 11.0 Å². The fourth-order valence-electron chi connectivity index (χ4n) is 4.36. The number of ether oxygens (including phenoxy) is 2. The van der Waals surface area contributed by atoms with Gasteiger partial charge in [-0.1, -0.05) is 12.8 Å². The quantitative estimate of drug-likeness (QED) is 0.791. The lowest BCUT2D eigenvalue weighted by Crippen LogP contribution is -2.54. The molecule has 6 nitrogen and oxygen atoms in total. The number of hydrogen-bond donors (Lipinski definition) is 1. The summed E-state index contributed by atoms with van der Waals surface area (Å²) in [7, 11) is 0. The van der Waals surface area contributed by atoms with Crippen LogP contribution in [0.5, 0.6) is 5.75 Å². The van der Waals surface area contributed by atoms with Crippen LogP contribution in [0.25, 0.3) is 0 Å². The maximum Gasteiger partial charge on any atom is 0.404 e. The maximum absolute atomic E-state index is 11.2. The normalized spacial score (nSPS) is 25.7. The van der Waals surface area contributed by atoms with Gasteiger partial charge in [-0.3, -0.25) is 4.90 Å². The molecule has 1 aromatic rings. The van der Waals surface area contributed by atoms with E-state index in [0.717, 1.165) is 38.1 Å². The van der Waals surface area contributed by atoms with Gasteiger partial charge in [0.2, 0.25) is 0 Å². The third-order valence-corrected chi connectivity index (χ3v) is 5.54. The standard InChI is InChI=1S/C20H27N3O3/c21-14-15-6-8-16(9-7-15)25-13-3-11-23-12-10-19(26-20(22)24)17-4-1-2-5-18(17)23/h6-9,17-19H,1-5,10-13H2,(H2,22,24)/t17-,18?,19+/m1/s1. The van der Waals surface area contributed by atoms with Gasteiger partial charge in [-0.25, -0.2) is 4.79 Å². The van der Waals surface area contributed by atoms with E-state index in [9.17, 15) is 4.79 Å². The van der Waals surface area contributed by atoms with Crippen LogP contribution in [0, 0.1) is 17.2 Å². The van der Waals surface area contributed by atoms with Crippen LogP contribution in [0.2, 0.25) is 0 Å². The van der Waals surface area contributed by atoms with Gasteiger partial charge in [-0.2, -0.15) is 5.26 Å². The smallest absolute Gasteiger partial charge is 0.404 e. The summed E-state index contributed by atoms with van der Waals surface area (Å²) in [6.45, 7) is 2.58. The van der Waals surface area contributed by atoms with E-state index in [1.54, 1.807) is 12.1 Å². The molecule has 0 aromatic heterocycles. The number of hydrogen-bond acceptors (Lipinski definition) is 5. The zero-order chi connectivity index (χ0) is 18.4. The highest BCUT2D eigenvalue weighted by Gasteiger charge is 2.40. The minimum Gasteiger partial charge on any atom is -0.494 e. The molecule has 3 rings (SSSR count). The SMILES string of the molecule is N#Cc1ccc(OCCCN2CC[C@H](OC(N)=O)[C@@H]3CCCCC32)cc1. The maximum atomic E-state index is 11.2. The zero-order valence-corrected chi connectivity index (χ0v) is 15.1. The molecule has 1 saturated carbocycles. The first-order valence-electron chi connectivity index (χ1n) is 9.50. The van der Waals surface area contributed by atoms with Crippen LogP contribution >= 0.6 is 0 Å². The van der Waals surface area contributed by atoms with Crippen molar-refractivity contribution in [1.29, 1.82) is 5.26 Å². The third kappa shape index (κ3) is 4.67. The van der Waals surface area contributed by atoms with E-state index in [0.29, 0.717) is 24.1 Å². The molecule has 1 unspecified atom stereocenters. The molecule has 1 aliphatic carbocycles. The molecular formula is C20H27N3O3. The Morgan fingerprint density at radius 3 is 2.73 bits per heavy atom. The predicted octanol–water partition coefficient (Wildman–Crippen LogP) is 3.06. The molecule has 1 amide bonds. The molecule has 1 saturated heterocycles. The summed E-state index contributed by atoms with van der Waals surface area (Å²) in [6.07, 6.45) is 5.86. The number of primary amides is 1. The van der Waals surface area contributed by atoms with E-state index >= 15 is 0 Å². The van der Waals surface area contributed by atoms with Crippen molar-refractivity contribution < 1.29 is 14.3 Å². The van der Waals surface area contributed by atoms with Gasteiger partial charge in [0.1, 0.15) is 11.9 Å². The van der Waals surface area contributed by atoms with E-state index in [-0.39, 0.29) is 6.10 Å². The minimum absolute atomic E-state index is 0.0241. The molecule has 26 heavy (non-hydrogen) atoms. The van der Waals surface area contributed by atoms with E-state index in [1.807, 2.05) is 12.1 Å². The van der Waals surface area contributed by atoms with E-state index in [1.165, 1.54) is 19.3 Å². The Labute approximate surface area is 154 Å². The number of likely N-dealkylation sites (tertiary alicyclic amines) is 1. The van der Waals surface area contributed by atoms with Gasteiger partial charge < -0.3 is 15.2 Å². The van der Waals surface area contributed by atoms with Crippen molar-refractivity contribution in [3.05, 3.63) is 29.8 Å². The van der Waals surface area contributed by atoms with E-state index < -0.39 is 6.09 Å². The van der Waals surface area contributed by atoms with Crippen LogP contribution in [-0.4, -0.2) is 42.8 Å². The van der Waals surface area contributed by atoms with Crippen LogP contribution in [0.4, 0.5) is 4.79 Å². The molecule has 1 aliphatic heterocycles. The molecule has 1 aromatic carbocycles. The summed E-state index contributed by atoms with van der Waals surface area (Å²) in [5, 5.41) is 8.82. The lowest BCUT2D eigenvalue weighted by molar-refractivity contribution is -0.0423. The van der Waals surface area contributed by atoms with Gasteiger partial charge in [0, 0.05) is 25.0 Å². The summed E-state index contributed by atoms with van der Waals surface area (Å²) in [5.41, 5.74) is 5.88. The second kappa shape index (κ2) is 8.91. The molecule has 2 aliphatic rings. The van der Waals surface area contributed by atoms with Gasteiger partial charge in [-0.05, 0) is 49.9 Å². The number of carbonyl (C=O) groups excluding carboxylic acids is 1. The van der Waals surface area contributed by atoms with Crippen molar-refractivity contribution in [2.45, 2.75) is 50.7 Å². The Bertz CT molecular complexity index is 641. The highest BCUT2D eigenvalue weighted by atomic mass is 16.6. The number of fused-ring (bicyclic) bond motifs is 1. The first-order valence-corrected chi connectivity index (χ1v) is 9.50. The number of rotatable bonds is 6. The Kier molecular flexibility index (Phi) is 6.35. The summed E-state index contributed by atoms with van der Waals surface area (Å²) >= 11 is 0. The average Bonchev–Trinajstić information content (AvgIpc) is 2.66. The van der Waals surface area contributed by atoms with Gasteiger partial charge in [-0.15, -0.1) is 0 Å². The highest BCUT2D eigenvalue weighted by molar-refractivity contribution is 5.64. The average molecular weight is 357 g/mol. The molecule has 3 atom stereocenters. The number of nitrogens with two attached hydrogens (primary N) is 1. The third-order valence-electron chi connectivity index (χ3n) is 5.54. The number of amides is 1. The largest absolute Gasteiger partial charge is 0.494 e. The molecule has 2 fully saturated rings. The minimum atomic E-state index is -0.649. The van der Waals surface area contributed by atoms with Crippen molar-refractivity contribution in [3.63, 3.8) is 0 Å². The second-order valence-corrected chi connectivity index (χ2v) is 7.15. The predicted molar refractivity (Wildman–Crippen MR) is 97.7 cm³/mol. The zero-order valence-electron chi connectivity index (χ0n) is 15.1. The summed E-state index contributed by atoms with van der Waals surface area (Å²) in [5.74, 6) is 1.21. The van der Waals surface area contributed by atoms with Crippen molar-refractivity contribution in [2.24, 2.45) is 11.7 Å². The van der Waals surface area contributed by atoms with Crippen LogP contribution < -0.4 is 10.5 Å². The van der Waals surface area contributed by atoms with Crippen molar-refractivity contribution >= 4 is 6.09 Å². The fourth-order valence-corrected chi connectivity index (χ4v) is 4.36. The number of benzene rings is 1. The first kappa shape index (κ1) is 18.5. The number of nitriles is 1. The van der Waals surface area contributed by atoms with Crippen molar-refractivity contribution in [1.82, 2.24) is 4.90 Å².